The number of hydrogen-bond acceptors (Lipinski definition) is 7. The molecule has 1 aliphatic heterocycles. The highest BCUT2D eigenvalue weighted by molar-refractivity contribution is 7.89. The molecule has 0 aromatic heterocycles. The first kappa shape index (κ1) is 25.6. The maximum atomic E-state index is 13.1. The van der Waals surface area contributed by atoms with Crippen molar-refractivity contribution < 1.29 is 37.4 Å². The Labute approximate surface area is 196 Å². The lowest BCUT2D eigenvalue weighted by atomic mass is 10.1. The number of ether oxygens (including phenoxy) is 1. The number of aliphatic carboxylic acids is 1. The largest absolute Gasteiger partial charge is 0.479 e. The lowest BCUT2D eigenvalue weighted by Gasteiger charge is -2.43. The molecule has 10 nitrogen and oxygen atoms in total. The van der Waals surface area contributed by atoms with E-state index in [1.807, 2.05) is 0 Å². The minimum atomic E-state index is -4.73. The van der Waals surface area contributed by atoms with Crippen molar-refractivity contribution in [2.45, 2.75) is 36.9 Å². The smallest absolute Gasteiger partial charge is 0.410 e. The third kappa shape index (κ3) is 5.20. The number of carboxylic acid groups (broad SMARTS) is 1. The number of hydrogen-bond donors (Lipinski definition) is 3. The second kappa shape index (κ2) is 9.29. The van der Waals surface area contributed by atoms with Gasteiger partial charge in [0.1, 0.15) is 11.4 Å². The molecule has 0 unspecified atom stereocenters. The van der Waals surface area contributed by atoms with Crippen molar-refractivity contribution in [3.63, 3.8) is 0 Å². The third-order valence-electron chi connectivity index (χ3n) is 5.11. The molecule has 184 valence electrons. The summed E-state index contributed by atoms with van der Waals surface area (Å²) in [5, 5.41) is 23.1. The summed E-state index contributed by atoms with van der Waals surface area (Å²) in [6.07, 6.45) is -0.839. The molecule has 2 aromatic rings. The number of carboxylic acids is 1. The van der Waals surface area contributed by atoms with E-state index in [1.165, 1.54) is 48.5 Å². The monoisotopic (exact) mass is 495 g/mol. The first-order valence-corrected chi connectivity index (χ1v) is 11.8. The van der Waals surface area contributed by atoms with Gasteiger partial charge in [0.05, 0.1) is 11.4 Å². The molecule has 0 radical (unpaired) electrons. The molecule has 12 heteroatoms. The second-order valence-electron chi connectivity index (χ2n) is 8.77. The lowest BCUT2D eigenvalue weighted by molar-refractivity contribution is -0.178. The molecule has 1 amide bonds. The Morgan fingerprint density at radius 2 is 1.62 bits per heavy atom. The van der Waals surface area contributed by atoms with Crippen molar-refractivity contribution >= 4 is 22.1 Å². The molecule has 1 saturated heterocycles. The van der Waals surface area contributed by atoms with Gasteiger partial charge in [0.15, 0.2) is 0 Å². The van der Waals surface area contributed by atoms with Crippen LogP contribution in [0.1, 0.15) is 20.8 Å². The van der Waals surface area contributed by atoms with Crippen molar-refractivity contribution in [3.05, 3.63) is 54.3 Å². The van der Waals surface area contributed by atoms with Crippen LogP contribution in [-0.2, 0) is 19.6 Å². The normalized spacial score (nSPS) is 19.2. The standard InChI is InChI=1S/C22H26FN3O7S/c1-21(2,3)33-20(29)25-13-12-24-22(14-25,19(27)28)26(30)34(31,32)18-10-6-16(7-11-18)15-4-8-17(23)9-5-15/h4-11,24,30H,12-14H2,1-3H3,(H,27,28)/t22-/m1/s1. The molecule has 1 heterocycles. The summed E-state index contributed by atoms with van der Waals surface area (Å²) in [4.78, 5) is 25.3. The molecular weight excluding hydrogens is 469 g/mol. The van der Waals surface area contributed by atoms with Crippen LogP contribution in [0, 0.1) is 5.82 Å². The van der Waals surface area contributed by atoms with Gasteiger partial charge in [-0.1, -0.05) is 24.3 Å². The Kier molecular flexibility index (Phi) is 6.99. The van der Waals surface area contributed by atoms with Crippen molar-refractivity contribution in [2.24, 2.45) is 0 Å². The van der Waals surface area contributed by atoms with E-state index in [2.05, 4.69) is 5.32 Å². The number of amides is 1. The van der Waals surface area contributed by atoms with E-state index in [4.69, 9.17) is 4.74 Å². The predicted molar refractivity (Wildman–Crippen MR) is 119 cm³/mol. The zero-order valence-electron chi connectivity index (χ0n) is 18.9. The molecule has 34 heavy (non-hydrogen) atoms. The Hall–Kier alpha value is -3.06. The van der Waals surface area contributed by atoms with E-state index in [9.17, 15) is 32.7 Å². The summed E-state index contributed by atoms with van der Waals surface area (Å²) in [6.45, 7) is 4.15. The van der Waals surface area contributed by atoms with Gasteiger partial charge in [0, 0.05) is 13.1 Å². The van der Waals surface area contributed by atoms with Gasteiger partial charge in [0.25, 0.3) is 10.0 Å². The molecule has 1 atom stereocenters. The van der Waals surface area contributed by atoms with Crippen LogP contribution in [0.4, 0.5) is 9.18 Å². The van der Waals surface area contributed by atoms with E-state index in [0.29, 0.717) is 11.1 Å². The van der Waals surface area contributed by atoms with E-state index in [-0.39, 0.29) is 22.5 Å². The first-order chi connectivity index (χ1) is 15.8. The van der Waals surface area contributed by atoms with Gasteiger partial charge in [-0.05, 0) is 60.6 Å². The van der Waals surface area contributed by atoms with E-state index >= 15 is 0 Å². The highest BCUT2D eigenvalue weighted by atomic mass is 32.2. The van der Waals surface area contributed by atoms with E-state index < -0.39 is 45.7 Å². The maximum absolute atomic E-state index is 13.1. The number of carbonyl (C=O) groups excluding carboxylic acids is 1. The van der Waals surface area contributed by atoms with Crippen LogP contribution < -0.4 is 5.32 Å². The molecule has 0 aliphatic carbocycles. The number of carbonyl (C=O) groups is 2. The lowest BCUT2D eigenvalue weighted by Crippen LogP contribution is -2.73. The fourth-order valence-electron chi connectivity index (χ4n) is 3.41. The molecule has 0 saturated carbocycles. The van der Waals surface area contributed by atoms with Crippen molar-refractivity contribution in [2.75, 3.05) is 19.6 Å². The molecule has 3 rings (SSSR count). The molecule has 3 N–H and O–H groups in total. The van der Waals surface area contributed by atoms with Crippen molar-refractivity contribution in [1.82, 2.24) is 14.7 Å². The van der Waals surface area contributed by atoms with Gasteiger partial charge in [-0.3, -0.25) is 10.5 Å². The zero-order valence-corrected chi connectivity index (χ0v) is 19.7. The van der Waals surface area contributed by atoms with Gasteiger partial charge >= 0.3 is 12.1 Å². The summed E-state index contributed by atoms with van der Waals surface area (Å²) in [5.74, 6) is -2.12. The van der Waals surface area contributed by atoms with Gasteiger partial charge in [-0.15, -0.1) is 0 Å². The van der Waals surface area contributed by atoms with Crippen LogP contribution in [-0.4, -0.2) is 71.1 Å². The molecule has 2 aromatic carbocycles. The van der Waals surface area contributed by atoms with E-state index in [1.54, 1.807) is 20.8 Å². The zero-order chi connectivity index (χ0) is 25.3. The Morgan fingerprint density at radius 3 is 2.12 bits per heavy atom. The van der Waals surface area contributed by atoms with Crippen LogP contribution in [0.25, 0.3) is 11.1 Å². The summed E-state index contributed by atoms with van der Waals surface area (Å²) >= 11 is 0. The Morgan fingerprint density at radius 1 is 1.09 bits per heavy atom. The molecular formula is C22H26FN3O7S. The minimum absolute atomic E-state index is 0.0458. The van der Waals surface area contributed by atoms with Crippen LogP contribution >= 0.6 is 0 Å². The number of piperazine rings is 1. The van der Waals surface area contributed by atoms with Crippen LogP contribution in [0.5, 0.6) is 0 Å². The fraction of sp³-hybridized carbons (Fsp3) is 0.364. The number of nitrogens with zero attached hydrogens (tertiary/aromatic N) is 2. The number of hydroxylamine groups is 1. The highest BCUT2D eigenvalue weighted by Gasteiger charge is 2.54. The summed E-state index contributed by atoms with van der Waals surface area (Å²) in [6, 6.07) is 10.9. The van der Waals surface area contributed by atoms with Crippen molar-refractivity contribution in [3.8, 4) is 11.1 Å². The average Bonchev–Trinajstić information content (AvgIpc) is 2.78. The summed E-state index contributed by atoms with van der Waals surface area (Å²) in [5.41, 5.74) is -2.17. The third-order valence-corrected chi connectivity index (χ3v) is 6.74. The van der Waals surface area contributed by atoms with Crippen LogP contribution in [0.15, 0.2) is 53.4 Å². The fourth-order valence-corrected chi connectivity index (χ4v) is 4.70. The molecule has 0 bridgehead atoms. The van der Waals surface area contributed by atoms with Gasteiger partial charge < -0.3 is 14.7 Å². The number of sulfonamides is 1. The second-order valence-corrected chi connectivity index (χ2v) is 10.5. The maximum Gasteiger partial charge on any atom is 0.410 e. The van der Waals surface area contributed by atoms with Gasteiger partial charge in [-0.25, -0.2) is 22.4 Å². The van der Waals surface area contributed by atoms with Crippen LogP contribution in [0.2, 0.25) is 0 Å². The first-order valence-electron chi connectivity index (χ1n) is 10.3. The SMILES string of the molecule is CC(C)(C)OC(=O)N1CCN[C@@](C(=O)O)(N(O)S(=O)(=O)c2ccc(-c3ccc(F)cc3)cc2)C1. The van der Waals surface area contributed by atoms with Gasteiger partial charge in [0.2, 0.25) is 5.66 Å². The summed E-state index contributed by atoms with van der Waals surface area (Å²) in [7, 11) is -4.73. The Balaban J connectivity index is 1.89. The number of halogens is 1. The van der Waals surface area contributed by atoms with E-state index in [0.717, 1.165) is 4.90 Å². The number of rotatable bonds is 5. The topological polar surface area (TPSA) is 136 Å². The summed E-state index contributed by atoms with van der Waals surface area (Å²) < 4.78 is 44.4. The molecule has 1 fully saturated rings. The van der Waals surface area contributed by atoms with Crippen LogP contribution in [0.3, 0.4) is 0 Å². The number of benzene rings is 2. The number of nitrogens with one attached hydrogen (secondary N) is 1. The quantitative estimate of drug-likeness (QED) is 0.538. The predicted octanol–water partition coefficient (Wildman–Crippen LogP) is 2.49. The minimum Gasteiger partial charge on any atom is -0.479 e. The Bertz CT molecular complexity index is 1160. The molecule has 0 spiro atoms. The van der Waals surface area contributed by atoms with Crippen molar-refractivity contribution in [1.29, 1.82) is 0 Å². The van der Waals surface area contributed by atoms with Gasteiger partial charge in [-0.2, -0.15) is 0 Å². The molecule has 1 aliphatic rings. The highest BCUT2D eigenvalue weighted by Crippen LogP contribution is 2.28. The average molecular weight is 496 g/mol.